The molecule has 0 bridgehead atoms. The van der Waals surface area contributed by atoms with Crippen molar-refractivity contribution in [3.63, 3.8) is 0 Å². The SMILES string of the molecule is CC(C)CNCc1csc(N2CCCCC2C)n1. The van der Waals surface area contributed by atoms with Gasteiger partial charge in [-0.15, -0.1) is 11.3 Å². The fraction of sp³-hybridized carbons (Fsp3) is 0.786. The smallest absolute Gasteiger partial charge is 0.185 e. The van der Waals surface area contributed by atoms with Gasteiger partial charge in [-0.3, -0.25) is 0 Å². The van der Waals surface area contributed by atoms with Crippen LogP contribution in [0, 0.1) is 5.92 Å². The maximum Gasteiger partial charge on any atom is 0.185 e. The molecule has 1 fully saturated rings. The Morgan fingerprint density at radius 1 is 1.50 bits per heavy atom. The lowest BCUT2D eigenvalue weighted by atomic mass is 10.1. The summed E-state index contributed by atoms with van der Waals surface area (Å²) in [6, 6.07) is 0.654. The molecule has 0 spiro atoms. The molecule has 1 aromatic rings. The standard InChI is InChI=1S/C14H25N3S/c1-11(2)8-15-9-13-10-18-14(16-13)17-7-5-4-6-12(17)3/h10-12,15H,4-9H2,1-3H3. The van der Waals surface area contributed by atoms with Crippen molar-refractivity contribution >= 4 is 16.5 Å². The Kier molecular flexibility index (Phi) is 5.01. The minimum Gasteiger partial charge on any atom is -0.345 e. The summed E-state index contributed by atoms with van der Waals surface area (Å²) in [7, 11) is 0. The molecule has 1 saturated heterocycles. The van der Waals surface area contributed by atoms with Crippen LogP contribution < -0.4 is 10.2 Å². The predicted octanol–water partition coefficient (Wildman–Crippen LogP) is 3.27. The molecule has 1 unspecified atom stereocenters. The van der Waals surface area contributed by atoms with Crippen molar-refractivity contribution in [3.8, 4) is 0 Å². The number of aromatic nitrogens is 1. The molecule has 2 heterocycles. The van der Waals surface area contributed by atoms with Gasteiger partial charge in [0, 0.05) is 24.5 Å². The lowest BCUT2D eigenvalue weighted by molar-refractivity contribution is 0.483. The van der Waals surface area contributed by atoms with Gasteiger partial charge in [0.2, 0.25) is 0 Å². The molecule has 18 heavy (non-hydrogen) atoms. The van der Waals surface area contributed by atoms with Gasteiger partial charge in [-0.2, -0.15) is 0 Å². The number of nitrogens with zero attached hydrogens (tertiary/aromatic N) is 2. The van der Waals surface area contributed by atoms with Gasteiger partial charge in [-0.1, -0.05) is 13.8 Å². The normalized spacial score (nSPS) is 20.7. The molecule has 0 saturated carbocycles. The van der Waals surface area contributed by atoms with Crippen LogP contribution in [-0.2, 0) is 6.54 Å². The summed E-state index contributed by atoms with van der Waals surface area (Å²) in [5.74, 6) is 0.699. The van der Waals surface area contributed by atoms with Crippen molar-refractivity contribution in [3.05, 3.63) is 11.1 Å². The highest BCUT2D eigenvalue weighted by Crippen LogP contribution is 2.27. The molecule has 1 aliphatic heterocycles. The van der Waals surface area contributed by atoms with Crippen LogP contribution in [0.15, 0.2) is 5.38 Å². The lowest BCUT2D eigenvalue weighted by Gasteiger charge is -2.33. The summed E-state index contributed by atoms with van der Waals surface area (Å²) in [5, 5.41) is 6.86. The maximum atomic E-state index is 4.76. The average molecular weight is 267 g/mol. The van der Waals surface area contributed by atoms with Gasteiger partial charge in [0.15, 0.2) is 5.13 Å². The van der Waals surface area contributed by atoms with Gasteiger partial charge in [-0.05, 0) is 38.6 Å². The molecular weight excluding hydrogens is 242 g/mol. The molecule has 1 aromatic heterocycles. The summed E-state index contributed by atoms with van der Waals surface area (Å²) in [6.07, 6.45) is 3.98. The summed E-state index contributed by atoms with van der Waals surface area (Å²) in [4.78, 5) is 7.24. The van der Waals surface area contributed by atoms with Gasteiger partial charge in [0.25, 0.3) is 0 Å². The highest BCUT2D eigenvalue weighted by Gasteiger charge is 2.20. The fourth-order valence-electron chi connectivity index (χ4n) is 2.38. The van der Waals surface area contributed by atoms with Crippen LogP contribution in [-0.4, -0.2) is 24.1 Å². The molecule has 1 aliphatic rings. The molecule has 1 N–H and O–H groups in total. The number of hydrogen-bond acceptors (Lipinski definition) is 4. The van der Waals surface area contributed by atoms with E-state index in [2.05, 4.69) is 36.4 Å². The summed E-state index contributed by atoms with van der Waals surface area (Å²) < 4.78 is 0. The number of anilines is 1. The first kappa shape index (κ1) is 13.8. The molecule has 2 rings (SSSR count). The molecule has 4 heteroatoms. The Hall–Kier alpha value is -0.610. The Labute approximate surface area is 115 Å². The third kappa shape index (κ3) is 3.69. The van der Waals surface area contributed by atoms with Gasteiger partial charge in [-0.25, -0.2) is 4.98 Å². The third-order valence-corrected chi connectivity index (χ3v) is 4.37. The summed E-state index contributed by atoms with van der Waals surface area (Å²) in [5.41, 5.74) is 1.19. The zero-order valence-corrected chi connectivity index (χ0v) is 12.6. The van der Waals surface area contributed by atoms with Gasteiger partial charge < -0.3 is 10.2 Å². The number of hydrogen-bond donors (Lipinski definition) is 1. The van der Waals surface area contributed by atoms with Crippen LogP contribution >= 0.6 is 11.3 Å². The van der Waals surface area contributed by atoms with Crippen LogP contribution in [0.3, 0.4) is 0 Å². The maximum absolute atomic E-state index is 4.76. The fourth-order valence-corrected chi connectivity index (χ4v) is 3.33. The Bertz CT molecular complexity index is 362. The molecule has 0 radical (unpaired) electrons. The van der Waals surface area contributed by atoms with Crippen LogP contribution in [0.25, 0.3) is 0 Å². The number of piperidine rings is 1. The zero-order chi connectivity index (χ0) is 13.0. The van der Waals surface area contributed by atoms with Crippen molar-refractivity contribution in [2.24, 2.45) is 5.92 Å². The van der Waals surface area contributed by atoms with E-state index < -0.39 is 0 Å². The van der Waals surface area contributed by atoms with E-state index in [0.29, 0.717) is 12.0 Å². The Morgan fingerprint density at radius 2 is 2.33 bits per heavy atom. The topological polar surface area (TPSA) is 28.2 Å². The first-order chi connectivity index (χ1) is 8.66. The molecule has 0 aromatic carbocycles. The van der Waals surface area contributed by atoms with E-state index in [1.807, 2.05) is 0 Å². The van der Waals surface area contributed by atoms with Crippen LogP contribution in [0.2, 0.25) is 0 Å². The van der Waals surface area contributed by atoms with E-state index in [4.69, 9.17) is 4.98 Å². The minimum atomic E-state index is 0.654. The monoisotopic (exact) mass is 267 g/mol. The van der Waals surface area contributed by atoms with Gasteiger partial charge in [0.1, 0.15) is 0 Å². The highest BCUT2D eigenvalue weighted by atomic mass is 32.1. The van der Waals surface area contributed by atoms with E-state index in [1.54, 1.807) is 11.3 Å². The van der Waals surface area contributed by atoms with E-state index in [0.717, 1.165) is 13.1 Å². The third-order valence-electron chi connectivity index (χ3n) is 3.45. The van der Waals surface area contributed by atoms with Crippen molar-refractivity contribution < 1.29 is 0 Å². The molecular formula is C14H25N3S. The molecule has 0 aliphatic carbocycles. The first-order valence-corrected chi connectivity index (χ1v) is 7.96. The van der Waals surface area contributed by atoms with Crippen LogP contribution in [0.5, 0.6) is 0 Å². The second-order valence-electron chi connectivity index (χ2n) is 5.68. The van der Waals surface area contributed by atoms with Crippen molar-refractivity contribution in [2.75, 3.05) is 18.0 Å². The summed E-state index contributed by atoms with van der Waals surface area (Å²) >= 11 is 1.79. The minimum absolute atomic E-state index is 0.654. The van der Waals surface area contributed by atoms with Crippen molar-refractivity contribution in [2.45, 2.75) is 52.6 Å². The van der Waals surface area contributed by atoms with Crippen molar-refractivity contribution in [1.29, 1.82) is 0 Å². The summed E-state index contributed by atoms with van der Waals surface area (Å²) in [6.45, 7) is 9.92. The average Bonchev–Trinajstić information content (AvgIpc) is 2.78. The Morgan fingerprint density at radius 3 is 3.06 bits per heavy atom. The molecule has 1 atom stereocenters. The van der Waals surface area contributed by atoms with E-state index >= 15 is 0 Å². The van der Waals surface area contributed by atoms with Crippen LogP contribution in [0.1, 0.15) is 45.7 Å². The largest absolute Gasteiger partial charge is 0.345 e. The highest BCUT2D eigenvalue weighted by molar-refractivity contribution is 7.13. The number of thiazole rings is 1. The molecule has 0 amide bonds. The zero-order valence-electron chi connectivity index (χ0n) is 11.8. The van der Waals surface area contributed by atoms with E-state index in [9.17, 15) is 0 Å². The predicted molar refractivity (Wildman–Crippen MR) is 79.3 cm³/mol. The van der Waals surface area contributed by atoms with E-state index in [1.165, 1.54) is 36.6 Å². The van der Waals surface area contributed by atoms with Crippen molar-refractivity contribution in [1.82, 2.24) is 10.3 Å². The van der Waals surface area contributed by atoms with E-state index in [-0.39, 0.29) is 0 Å². The van der Waals surface area contributed by atoms with Gasteiger partial charge >= 0.3 is 0 Å². The first-order valence-electron chi connectivity index (χ1n) is 7.08. The molecule has 3 nitrogen and oxygen atoms in total. The molecule has 102 valence electrons. The van der Waals surface area contributed by atoms with Crippen LogP contribution in [0.4, 0.5) is 5.13 Å². The second kappa shape index (κ2) is 6.53. The number of rotatable bonds is 5. The van der Waals surface area contributed by atoms with Gasteiger partial charge in [0.05, 0.1) is 5.69 Å². The lowest BCUT2D eigenvalue weighted by Crippen LogP contribution is -2.37. The quantitative estimate of drug-likeness (QED) is 0.887. The number of nitrogens with one attached hydrogen (secondary N) is 1. The Balaban J connectivity index is 1.88. The second-order valence-corrected chi connectivity index (χ2v) is 6.52.